The molecule has 0 saturated carbocycles. The molecule has 6 aromatic carbocycles. The van der Waals surface area contributed by atoms with E-state index in [9.17, 15) is 0 Å². The van der Waals surface area contributed by atoms with E-state index < -0.39 is 0 Å². The fourth-order valence-corrected chi connectivity index (χ4v) is 6.98. The second-order valence-electron chi connectivity index (χ2n) is 12.2. The highest BCUT2D eigenvalue weighted by Crippen LogP contribution is 2.46. The SMILES string of the molecule is CC(C)(C)c1c(-n2c3ccccc3c3ccccc32)ccc2c1c1c(-c3ccccc3)cccc1n2-c1ccccc1. The summed E-state index contributed by atoms with van der Waals surface area (Å²) >= 11 is 0. The minimum atomic E-state index is -0.138. The van der Waals surface area contributed by atoms with Crippen molar-refractivity contribution < 1.29 is 0 Å². The van der Waals surface area contributed by atoms with E-state index in [4.69, 9.17) is 0 Å². The Labute approximate surface area is 246 Å². The maximum absolute atomic E-state index is 2.49. The Balaban J connectivity index is 1.62. The van der Waals surface area contributed by atoms with Crippen LogP contribution in [0.3, 0.4) is 0 Å². The van der Waals surface area contributed by atoms with Crippen molar-refractivity contribution in [1.82, 2.24) is 9.13 Å². The number of rotatable bonds is 3. The molecule has 2 nitrogen and oxygen atoms in total. The molecule has 2 aromatic heterocycles. The molecule has 0 aliphatic carbocycles. The molecule has 202 valence electrons. The zero-order valence-electron chi connectivity index (χ0n) is 24.2. The lowest BCUT2D eigenvalue weighted by Crippen LogP contribution is -2.16. The summed E-state index contributed by atoms with van der Waals surface area (Å²) in [6, 6.07) is 50.7. The topological polar surface area (TPSA) is 9.86 Å². The Kier molecular flexibility index (Phi) is 5.42. The highest BCUT2D eigenvalue weighted by Gasteiger charge is 2.28. The molecule has 0 aliphatic heterocycles. The summed E-state index contributed by atoms with van der Waals surface area (Å²) in [6.45, 7) is 7.07. The second kappa shape index (κ2) is 9.22. The molecule has 2 heterocycles. The molecule has 0 bridgehead atoms. The van der Waals surface area contributed by atoms with Crippen molar-refractivity contribution >= 4 is 43.6 Å². The van der Waals surface area contributed by atoms with Gasteiger partial charge in [0.15, 0.2) is 0 Å². The number of fused-ring (bicyclic) bond motifs is 6. The van der Waals surface area contributed by atoms with Gasteiger partial charge in [-0.1, -0.05) is 118 Å². The van der Waals surface area contributed by atoms with Gasteiger partial charge in [0.05, 0.1) is 27.8 Å². The summed E-state index contributed by atoms with van der Waals surface area (Å²) in [5.74, 6) is 0. The van der Waals surface area contributed by atoms with Gasteiger partial charge in [-0.2, -0.15) is 0 Å². The van der Waals surface area contributed by atoms with Crippen LogP contribution in [-0.2, 0) is 5.41 Å². The van der Waals surface area contributed by atoms with Crippen molar-refractivity contribution in [3.05, 3.63) is 145 Å². The summed E-state index contributed by atoms with van der Waals surface area (Å²) < 4.78 is 4.93. The van der Waals surface area contributed by atoms with Crippen molar-refractivity contribution in [2.75, 3.05) is 0 Å². The van der Waals surface area contributed by atoms with E-state index in [0.29, 0.717) is 0 Å². The first-order valence-corrected chi connectivity index (χ1v) is 14.7. The van der Waals surface area contributed by atoms with E-state index in [0.717, 1.165) is 0 Å². The molecule has 0 aliphatic rings. The molecule has 0 fully saturated rings. The molecule has 0 atom stereocenters. The van der Waals surface area contributed by atoms with Crippen molar-refractivity contribution in [1.29, 1.82) is 0 Å². The average Bonchev–Trinajstić information content (AvgIpc) is 3.54. The third-order valence-electron chi connectivity index (χ3n) is 8.61. The molecular formula is C40H32N2. The summed E-state index contributed by atoms with van der Waals surface area (Å²) in [5, 5.41) is 5.18. The molecule has 0 spiro atoms. The van der Waals surface area contributed by atoms with E-state index in [1.807, 2.05) is 0 Å². The van der Waals surface area contributed by atoms with E-state index in [1.165, 1.54) is 71.7 Å². The van der Waals surface area contributed by atoms with Crippen LogP contribution in [0.2, 0.25) is 0 Å². The molecule has 8 rings (SSSR count). The van der Waals surface area contributed by atoms with Crippen LogP contribution >= 0.6 is 0 Å². The van der Waals surface area contributed by atoms with E-state index >= 15 is 0 Å². The number of hydrogen-bond donors (Lipinski definition) is 0. The fraction of sp³-hybridized carbons (Fsp3) is 0.100. The molecule has 0 unspecified atom stereocenters. The molecular weight excluding hydrogens is 508 g/mol. The standard InChI is InChI=1S/C40H32N2/c1-40(2,3)39-36(42-32-22-12-10-19-30(32)31-20-11-13-23-33(31)42)26-25-35-38(39)37-29(27-15-6-4-7-16-27)21-14-24-34(37)41(35)28-17-8-5-9-18-28/h4-26H,1-3H3. The van der Waals surface area contributed by atoms with Gasteiger partial charge in [-0.3, -0.25) is 0 Å². The molecule has 0 N–H and O–H groups in total. The number of hydrogen-bond acceptors (Lipinski definition) is 0. The lowest BCUT2D eigenvalue weighted by Gasteiger charge is -2.26. The Bertz CT molecular complexity index is 2210. The summed E-state index contributed by atoms with van der Waals surface area (Å²) in [7, 11) is 0. The fourth-order valence-electron chi connectivity index (χ4n) is 6.98. The third kappa shape index (κ3) is 3.58. The quantitative estimate of drug-likeness (QED) is 0.211. The van der Waals surface area contributed by atoms with Crippen molar-refractivity contribution in [2.24, 2.45) is 0 Å². The number of benzene rings is 6. The zero-order valence-corrected chi connectivity index (χ0v) is 24.2. The van der Waals surface area contributed by atoms with Crippen molar-refractivity contribution in [3.8, 4) is 22.5 Å². The zero-order chi connectivity index (χ0) is 28.4. The number of aromatic nitrogens is 2. The summed E-state index contributed by atoms with van der Waals surface area (Å²) in [4.78, 5) is 0. The minimum Gasteiger partial charge on any atom is -0.309 e. The van der Waals surface area contributed by atoms with Crippen LogP contribution in [0.15, 0.2) is 140 Å². The lowest BCUT2D eigenvalue weighted by molar-refractivity contribution is 0.593. The third-order valence-corrected chi connectivity index (χ3v) is 8.61. The maximum atomic E-state index is 2.49. The normalized spacial score (nSPS) is 12.2. The van der Waals surface area contributed by atoms with E-state index in [1.54, 1.807) is 0 Å². The van der Waals surface area contributed by atoms with Gasteiger partial charge in [-0.15, -0.1) is 0 Å². The van der Waals surface area contributed by atoms with Gasteiger partial charge in [0.1, 0.15) is 0 Å². The Morgan fingerprint density at radius 1 is 0.429 bits per heavy atom. The van der Waals surface area contributed by atoms with Crippen LogP contribution in [0.25, 0.3) is 66.1 Å². The van der Waals surface area contributed by atoms with Gasteiger partial charge in [0, 0.05) is 27.2 Å². The average molecular weight is 541 g/mol. The molecule has 0 amide bonds. The smallest absolute Gasteiger partial charge is 0.0547 e. The van der Waals surface area contributed by atoms with Crippen LogP contribution in [0.4, 0.5) is 0 Å². The predicted octanol–water partition coefficient (Wildman–Crippen LogP) is 10.8. The van der Waals surface area contributed by atoms with Crippen LogP contribution < -0.4 is 0 Å². The highest BCUT2D eigenvalue weighted by atomic mass is 15.0. The van der Waals surface area contributed by atoms with Crippen LogP contribution in [0.5, 0.6) is 0 Å². The van der Waals surface area contributed by atoms with Crippen molar-refractivity contribution in [3.63, 3.8) is 0 Å². The van der Waals surface area contributed by atoms with Gasteiger partial charge in [-0.05, 0) is 64.6 Å². The largest absolute Gasteiger partial charge is 0.309 e. The Morgan fingerprint density at radius 3 is 1.62 bits per heavy atom. The van der Waals surface area contributed by atoms with E-state index in [-0.39, 0.29) is 5.41 Å². The molecule has 8 aromatic rings. The predicted molar refractivity (Wildman–Crippen MR) is 179 cm³/mol. The second-order valence-corrected chi connectivity index (χ2v) is 12.2. The monoisotopic (exact) mass is 540 g/mol. The molecule has 0 saturated heterocycles. The van der Waals surface area contributed by atoms with Crippen LogP contribution in [-0.4, -0.2) is 9.13 Å². The molecule has 42 heavy (non-hydrogen) atoms. The van der Waals surface area contributed by atoms with Gasteiger partial charge in [-0.25, -0.2) is 0 Å². The maximum Gasteiger partial charge on any atom is 0.0547 e. The van der Waals surface area contributed by atoms with Crippen LogP contribution in [0.1, 0.15) is 26.3 Å². The summed E-state index contributed by atoms with van der Waals surface area (Å²) in [5.41, 5.74) is 11.0. The Hall–Kier alpha value is -5.08. The van der Waals surface area contributed by atoms with Gasteiger partial charge in [0.2, 0.25) is 0 Å². The van der Waals surface area contributed by atoms with Gasteiger partial charge in [0.25, 0.3) is 0 Å². The first-order valence-electron chi connectivity index (χ1n) is 14.7. The van der Waals surface area contributed by atoms with Gasteiger partial charge < -0.3 is 9.13 Å². The van der Waals surface area contributed by atoms with E-state index in [2.05, 4.69) is 169 Å². The first-order chi connectivity index (χ1) is 20.5. The molecule has 0 radical (unpaired) electrons. The minimum absolute atomic E-state index is 0.138. The number of nitrogens with zero attached hydrogens (tertiary/aromatic N) is 2. The Morgan fingerprint density at radius 2 is 0.976 bits per heavy atom. The highest BCUT2D eigenvalue weighted by molar-refractivity contribution is 6.18. The van der Waals surface area contributed by atoms with Gasteiger partial charge >= 0.3 is 0 Å². The van der Waals surface area contributed by atoms with Crippen LogP contribution in [0, 0.1) is 0 Å². The van der Waals surface area contributed by atoms with Crippen molar-refractivity contribution in [2.45, 2.75) is 26.2 Å². The first kappa shape index (κ1) is 24.7. The number of para-hydroxylation sites is 3. The summed E-state index contributed by atoms with van der Waals surface area (Å²) in [6.07, 6.45) is 0. The lowest BCUT2D eigenvalue weighted by atomic mass is 9.82. The molecule has 2 heteroatoms.